The lowest BCUT2D eigenvalue weighted by Crippen LogP contribution is -2.52. The lowest BCUT2D eigenvalue weighted by atomic mass is 9.82. The molecule has 0 unspecified atom stereocenters. The largest absolute Gasteiger partial charge is 0.492 e. The molecule has 2 aromatic carbocycles. The van der Waals surface area contributed by atoms with Crippen molar-refractivity contribution >= 4 is 10.0 Å². The number of fused-ring (bicyclic) bond motifs is 1. The fourth-order valence-corrected chi connectivity index (χ4v) is 5.62. The van der Waals surface area contributed by atoms with Crippen LogP contribution in [0.5, 0.6) is 11.5 Å². The predicted molar refractivity (Wildman–Crippen MR) is 129 cm³/mol. The normalized spacial score (nSPS) is 20.3. The molecule has 0 amide bonds. The summed E-state index contributed by atoms with van der Waals surface area (Å²) in [6.45, 7) is 3.28. The Bertz CT molecular complexity index is 1220. The number of aryl methyl sites for hydroxylation is 1. The summed E-state index contributed by atoms with van der Waals surface area (Å²) in [7, 11) is -1.92. The van der Waals surface area contributed by atoms with Crippen LogP contribution < -0.4 is 14.2 Å². The highest BCUT2D eigenvalue weighted by molar-refractivity contribution is 7.89. The van der Waals surface area contributed by atoms with Gasteiger partial charge in [-0.25, -0.2) is 18.1 Å². The molecule has 34 heavy (non-hydrogen) atoms. The number of sulfonamides is 1. The van der Waals surface area contributed by atoms with Crippen LogP contribution in [0.4, 0.5) is 0 Å². The molecular formula is C25H30N4O4S. The number of hydrogen-bond acceptors (Lipinski definition) is 6. The van der Waals surface area contributed by atoms with E-state index in [0.29, 0.717) is 24.3 Å². The maximum Gasteiger partial charge on any atom is 0.259 e. The van der Waals surface area contributed by atoms with E-state index in [0.717, 1.165) is 30.8 Å². The molecule has 0 radical (unpaired) electrons. The Morgan fingerprint density at radius 2 is 2.00 bits per heavy atom. The summed E-state index contributed by atoms with van der Waals surface area (Å²) in [5.74, 6) is 1.92. The van der Waals surface area contributed by atoms with Crippen molar-refractivity contribution in [2.24, 2.45) is 7.05 Å². The van der Waals surface area contributed by atoms with Gasteiger partial charge in [-0.3, -0.25) is 4.90 Å². The van der Waals surface area contributed by atoms with Crippen LogP contribution in [0.3, 0.4) is 0 Å². The monoisotopic (exact) mass is 482 g/mol. The lowest BCUT2D eigenvalue weighted by molar-refractivity contribution is 0.0500. The van der Waals surface area contributed by atoms with Crippen molar-refractivity contribution in [1.82, 2.24) is 19.2 Å². The van der Waals surface area contributed by atoms with Crippen LogP contribution in [0.15, 0.2) is 66.1 Å². The number of nitrogens with zero attached hydrogens (tertiary/aromatic N) is 3. The van der Waals surface area contributed by atoms with Gasteiger partial charge < -0.3 is 14.0 Å². The number of aromatic nitrogens is 2. The van der Waals surface area contributed by atoms with E-state index in [4.69, 9.17) is 9.47 Å². The summed E-state index contributed by atoms with van der Waals surface area (Å²) in [4.78, 5) is 6.41. The first kappa shape index (κ1) is 22.9. The minimum Gasteiger partial charge on any atom is -0.492 e. The predicted octanol–water partition coefficient (Wildman–Crippen LogP) is 2.57. The Hall–Kier alpha value is -2.88. The Labute approximate surface area is 200 Å². The second-order valence-electron chi connectivity index (χ2n) is 8.89. The molecule has 0 spiro atoms. The summed E-state index contributed by atoms with van der Waals surface area (Å²) in [5, 5.41) is 0.00159. The lowest BCUT2D eigenvalue weighted by Gasteiger charge is -2.45. The molecule has 1 N–H and O–H groups in total. The van der Waals surface area contributed by atoms with Crippen molar-refractivity contribution < 1.29 is 17.9 Å². The molecule has 5 rings (SSSR count). The number of likely N-dealkylation sites (tertiary alicyclic amines) is 1. The molecule has 0 saturated carbocycles. The quantitative estimate of drug-likeness (QED) is 0.472. The van der Waals surface area contributed by atoms with E-state index < -0.39 is 10.0 Å². The van der Waals surface area contributed by atoms with Gasteiger partial charge in [0.15, 0.2) is 5.03 Å². The smallest absolute Gasteiger partial charge is 0.259 e. The van der Waals surface area contributed by atoms with E-state index in [-0.39, 0.29) is 18.2 Å². The van der Waals surface area contributed by atoms with Gasteiger partial charge in [0.05, 0.1) is 12.4 Å². The summed E-state index contributed by atoms with van der Waals surface area (Å²) >= 11 is 0. The Morgan fingerprint density at radius 3 is 2.71 bits per heavy atom. The van der Waals surface area contributed by atoms with Gasteiger partial charge in [-0.05, 0) is 49.7 Å². The first-order valence-electron chi connectivity index (χ1n) is 11.6. The van der Waals surface area contributed by atoms with Crippen LogP contribution >= 0.6 is 0 Å². The van der Waals surface area contributed by atoms with Gasteiger partial charge in [0.2, 0.25) is 0 Å². The highest BCUT2D eigenvalue weighted by Gasteiger charge is 2.37. The Morgan fingerprint density at radius 1 is 1.18 bits per heavy atom. The van der Waals surface area contributed by atoms with E-state index in [2.05, 4.69) is 44.9 Å². The average Bonchev–Trinajstić information content (AvgIpc) is 3.25. The maximum atomic E-state index is 12.3. The molecule has 180 valence electrons. The fourth-order valence-electron chi connectivity index (χ4n) is 4.63. The van der Waals surface area contributed by atoms with Gasteiger partial charge in [-0.15, -0.1) is 0 Å². The van der Waals surface area contributed by atoms with Crippen LogP contribution in [0.25, 0.3) is 0 Å². The standard InChI is InChI=1S/C25H30N4O4S/c1-28-16-25(26-18-28)34(30,31)27-10-13-32-20-8-9-24-22(15-20)21(14-19-6-3-2-4-7-19)23(17-33-24)29-11-5-12-29/h2-4,6-9,15-16,18,21,23,27H,5,10-14,17H2,1H3/t21-,23+/m0/s1. The molecule has 8 nitrogen and oxygen atoms in total. The fraction of sp³-hybridized carbons (Fsp3) is 0.400. The van der Waals surface area contributed by atoms with Crippen LogP contribution in [-0.4, -0.2) is 61.8 Å². The van der Waals surface area contributed by atoms with E-state index in [9.17, 15) is 8.42 Å². The zero-order chi connectivity index (χ0) is 23.5. The third-order valence-corrected chi connectivity index (χ3v) is 7.88. The molecule has 3 heterocycles. The highest BCUT2D eigenvalue weighted by Crippen LogP contribution is 2.41. The van der Waals surface area contributed by atoms with Gasteiger partial charge in [-0.2, -0.15) is 0 Å². The molecule has 2 aliphatic rings. The van der Waals surface area contributed by atoms with Crippen molar-refractivity contribution in [2.75, 3.05) is 32.8 Å². The molecule has 0 aliphatic carbocycles. The van der Waals surface area contributed by atoms with Crippen LogP contribution in [0.1, 0.15) is 23.5 Å². The average molecular weight is 483 g/mol. The first-order valence-corrected chi connectivity index (χ1v) is 13.1. The van der Waals surface area contributed by atoms with Crippen LogP contribution in [0.2, 0.25) is 0 Å². The molecule has 1 saturated heterocycles. The number of imidazole rings is 1. The van der Waals surface area contributed by atoms with Gasteiger partial charge in [0.1, 0.15) is 24.7 Å². The van der Waals surface area contributed by atoms with E-state index in [1.54, 1.807) is 11.6 Å². The van der Waals surface area contributed by atoms with Gasteiger partial charge in [-0.1, -0.05) is 30.3 Å². The summed E-state index contributed by atoms with van der Waals surface area (Å²) in [6.07, 6.45) is 5.10. The second-order valence-corrected chi connectivity index (χ2v) is 10.6. The SMILES string of the molecule is Cn1cnc(S(=O)(=O)NCCOc2ccc3c(c2)[C@H](Cc2ccccc2)[C@H](N2CCC2)CO3)c1. The van der Waals surface area contributed by atoms with Gasteiger partial charge >= 0.3 is 0 Å². The Kier molecular flexibility index (Phi) is 6.58. The zero-order valence-electron chi connectivity index (χ0n) is 19.3. The third kappa shape index (κ3) is 4.96. The maximum absolute atomic E-state index is 12.3. The molecule has 9 heteroatoms. The molecule has 0 bridgehead atoms. The molecule has 2 aliphatic heterocycles. The van der Waals surface area contributed by atoms with Gasteiger partial charge in [0.25, 0.3) is 10.0 Å². The number of rotatable bonds is 9. The number of nitrogens with one attached hydrogen (secondary N) is 1. The summed E-state index contributed by atoms with van der Waals surface area (Å²) in [6, 6.07) is 16.8. The molecule has 1 aromatic heterocycles. The third-order valence-electron chi connectivity index (χ3n) is 6.53. The van der Waals surface area contributed by atoms with E-state index in [1.807, 2.05) is 18.2 Å². The Balaban J connectivity index is 1.28. The molecule has 1 fully saturated rings. The van der Waals surface area contributed by atoms with Gasteiger partial charge in [0, 0.05) is 31.3 Å². The highest BCUT2D eigenvalue weighted by atomic mass is 32.2. The molecule has 2 atom stereocenters. The van der Waals surface area contributed by atoms with Crippen molar-refractivity contribution in [3.8, 4) is 11.5 Å². The van der Waals surface area contributed by atoms with Crippen LogP contribution in [-0.2, 0) is 23.5 Å². The molecule has 3 aromatic rings. The number of benzene rings is 2. The second kappa shape index (κ2) is 9.77. The van der Waals surface area contributed by atoms with Crippen molar-refractivity contribution in [2.45, 2.75) is 29.8 Å². The first-order chi connectivity index (χ1) is 16.5. The van der Waals surface area contributed by atoms with Crippen molar-refractivity contribution in [1.29, 1.82) is 0 Å². The summed E-state index contributed by atoms with van der Waals surface area (Å²) < 4.78 is 40.9. The van der Waals surface area contributed by atoms with Crippen molar-refractivity contribution in [3.05, 3.63) is 72.2 Å². The van der Waals surface area contributed by atoms with Crippen molar-refractivity contribution in [3.63, 3.8) is 0 Å². The number of ether oxygens (including phenoxy) is 2. The minimum absolute atomic E-state index is 0.00159. The molecular weight excluding hydrogens is 452 g/mol. The van der Waals surface area contributed by atoms with Crippen LogP contribution in [0, 0.1) is 0 Å². The topological polar surface area (TPSA) is 85.7 Å². The van der Waals surface area contributed by atoms with E-state index in [1.165, 1.54) is 24.5 Å². The van der Waals surface area contributed by atoms with E-state index >= 15 is 0 Å². The number of hydrogen-bond donors (Lipinski definition) is 1. The minimum atomic E-state index is -3.65. The zero-order valence-corrected chi connectivity index (χ0v) is 20.1. The summed E-state index contributed by atoms with van der Waals surface area (Å²) in [5.41, 5.74) is 2.46.